The first-order valence-corrected chi connectivity index (χ1v) is 12.8. The van der Waals surface area contributed by atoms with Gasteiger partial charge in [0.25, 0.3) is 0 Å². The van der Waals surface area contributed by atoms with E-state index in [1.54, 1.807) is 11.3 Å². The molecule has 2 aliphatic carbocycles. The molecule has 0 saturated heterocycles. The molecule has 0 radical (unpaired) electrons. The van der Waals surface area contributed by atoms with Crippen LogP contribution in [0.2, 0.25) is 0 Å². The van der Waals surface area contributed by atoms with Gasteiger partial charge in [0.1, 0.15) is 11.8 Å². The molecule has 0 bridgehead atoms. The van der Waals surface area contributed by atoms with Crippen LogP contribution in [0.15, 0.2) is 48.5 Å². The summed E-state index contributed by atoms with van der Waals surface area (Å²) in [5.41, 5.74) is 6.04. The molecule has 32 heavy (non-hydrogen) atoms. The van der Waals surface area contributed by atoms with Crippen molar-refractivity contribution in [2.24, 2.45) is 0 Å². The van der Waals surface area contributed by atoms with Gasteiger partial charge < -0.3 is 4.74 Å². The Morgan fingerprint density at radius 3 is 2.38 bits per heavy atom. The highest BCUT2D eigenvalue weighted by atomic mass is 32.1. The van der Waals surface area contributed by atoms with Crippen LogP contribution in [0.1, 0.15) is 82.9 Å². The lowest BCUT2D eigenvalue weighted by atomic mass is 9.99. The van der Waals surface area contributed by atoms with E-state index in [-0.39, 0.29) is 6.10 Å². The van der Waals surface area contributed by atoms with Crippen LogP contribution in [0, 0.1) is 11.3 Å². The summed E-state index contributed by atoms with van der Waals surface area (Å²) in [4.78, 5) is 2.48. The van der Waals surface area contributed by atoms with Gasteiger partial charge >= 0.3 is 0 Å². The molecule has 2 aliphatic rings. The number of nitriles is 1. The monoisotopic (exact) mass is 445 g/mol. The van der Waals surface area contributed by atoms with Crippen molar-refractivity contribution in [2.45, 2.75) is 78.7 Å². The maximum absolute atomic E-state index is 9.49. The van der Waals surface area contributed by atoms with Gasteiger partial charge in [-0.1, -0.05) is 58.2 Å². The van der Waals surface area contributed by atoms with E-state index in [2.05, 4.69) is 43.3 Å². The Bertz CT molecular complexity index is 1070. The lowest BCUT2D eigenvalue weighted by molar-refractivity contribution is 0.242. The molecule has 3 aromatic rings. The maximum Gasteiger partial charge on any atom is 0.137 e. The normalized spacial score (nSPS) is 15.6. The minimum Gasteiger partial charge on any atom is -0.490 e. The fourth-order valence-corrected chi connectivity index (χ4v) is 4.91. The van der Waals surface area contributed by atoms with Gasteiger partial charge in [-0.2, -0.15) is 5.26 Å². The molecule has 2 nitrogen and oxygen atoms in total. The third kappa shape index (κ3) is 5.81. The molecule has 0 spiro atoms. The van der Waals surface area contributed by atoms with E-state index in [9.17, 15) is 5.26 Å². The van der Waals surface area contributed by atoms with Crippen molar-refractivity contribution in [1.82, 2.24) is 0 Å². The van der Waals surface area contributed by atoms with Crippen LogP contribution in [-0.4, -0.2) is 6.10 Å². The quantitative estimate of drug-likeness (QED) is 0.401. The molecule has 0 N–H and O–H groups in total. The minimum atomic E-state index is 0.0545. The Kier molecular flexibility index (Phi) is 8.53. The Morgan fingerprint density at radius 1 is 1.00 bits per heavy atom. The summed E-state index contributed by atoms with van der Waals surface area (Å²) in [5.74, 6) is 1.31. The zero-order valence-corrected chi connectivity index (χ0v) is 20.9. The minimum absolute atomic E-state index is 0.0545. The third-order valence-electron chi connectivity index (χ3n) is 5.54. The predicted molar refractivity (Wildman–Crippen MR) is 138 cm³/mol. The summed E-state index contributed by atoms with van der Waals surface area (Å²) < 4.78 is 5.74. The number of thiophene rings is 1. The smallest absolute Gasteiger partial charge is 0.137 e. The summed E-state index contributed by atoms with van der Waals surface area (Å²) in [6.45, 7) is 10.3. The molecular weight excluding hydrogens is 410 g/mol. The van der Waals surface area contributed by atoms with Gasteiger partial charge in [0.05, 0.1) is 11.7 Å². The molecule has 1 aromatic heterocycles. The molecule has 168 valence electrons. The second-order valence-electron chi connectivity index (χ2n) is 8.53. The van der Waals surface area contributed by atoms with Gasteiger partial charge in [0.2, 0.25) is 0 Å². The summed E-state index contributed by atoms with van der Waals surface area (Å²) in [6.07, 6.45) is 6.96. The number of fused-ring (bicyclic) bond motifs is 1. The predicted octanol–water partition coefficient (Wildman–Crippen LogP) is 8.99. The topological polar surface area (TPSA) is 33.0 Å². The van der Waals surface area contributed by atoms with Gasteiger partial charge in [-0.3, -0.25) is 0 Å². The molecule has 0 aliphatic heterocycles. The third-order valence-corrected chi connectivity index (χ3v) is 6.71. The zero-order valence-electron chi connectivity index (χ0n) is 20.1. The molecule has 1 heterocycles. The SMILES string of the molecule is C1CC1.CC.CC(C)Oc1ccc(-c2ccc(-c3cccc4c3CCC4C)s2)cc1C#N. The number of rotatable bonds is 4. The number of nitrogens with zero attached hydrogens (tertiary/aromatic N) is 1. The van der Waals surface area contributed by atoms with Crippen LogP contribution in [0.3, 0.4) is 0 Å². The molecule has 1 atom stereocenters. The van der Waals surface area contributed by atoms with Crippen molar-refractivity contribution in [3.8, 4) is 32.7 Å². The molecule has 0 amide bonds. The Balaban J connectivity index is 0.000000522. The first-order valence-electron chi connectivity index (χ1n) is 12.0. The van der Waals surface area contributed by atoms with Gasteiger partial charge in [-0.25, -0.2) is 0 Å². The summed E-state index contributed by atoms with van der Waals surface area (Å²) in [5, 5.41) is 9.49. The average Bonchev–Trinajstić information content (AvgIpc) is 3.54. The van der Waals surface area contributed by atoms with E-state index in [1.165, 1.54) is 58.5 Å². The van der Waals surface area contributed by atoms with Crippen molar-refractivity contribution in [3.63, 3.8) is 0 Å². The highest BCUT2D eigenvalue weighted by Crippen LogP contribution is 2.42. The van der Waals surface area contributed by atoms with Crippen molar-refractivity contribution < 1.29 is 4.74 Å². The van der Waals surface area contributed by atoms with E-state index in [0.717, 1.165) is 5.56 Å². The van der Waals surface area contributed by atoms with Crippen LogP contribution in [0.5, 0.6) is 5.75 Å². The first kappa shape index (κ1) is 24.1. The lowest BCUT2D eigenvalue weighted by Crippen LogP contribution is -2.06. The lowest BCUT2D eigenvalue weighted by Gasteiger charge is -2.11. The summed E-state index contributed by atoms with van der Waals surface area (Å²) >= 11 is 1.80. The van der Waals surface area contributed by atoms with Crippen LogP contribution < -0.4 is 4.74 Å². The van der Waals surface area contributed by atoms with E-state index >= 15 is 0 Å². The van der Waals surface area contributed by atoms with Crippen molar-refractivity contribution in [2.75, 3.05) is 0 Å². The Morgan fingerprint density at radius 2 is 1.72 bits per heavy atom. The first-order chi connectivity index (χ1) is 15.6. The van der Waals surface area contributed by atoms with Crippen LogP contribution in [0.25, 0.3) is 20.9 Å². The highest BCUT2D eigenvalue weighted by Gasteiger charge is 2.22. The maximum atomic E-state index is 9.49. The fraction of sp³-hybridized carbons (Fsp3) is 0.414. The largest absolute Gasteiger partial charge is 0.490 e. The number of ether oxygens (including phenoxy) is 1. The van der Waals surface area contributed by atoms with Gasteiger partial charge in [-0.05, 0) is 85.2 Å². The molecule has 3 heteroatoms. The average molecular weight is 446 g/mol. The van der Waals surface area contributed by atoms with Gasteiger partial charge in [0, 0.05) is 9.75 Å². The van der Waals surface area contributed by atoms with E-state index in [0.29, 0.717) is 17.2 Å². The van der Waals surface area contributed by atoms with E-state index < -0.39 is 0 Å². The van der Waals surface area contributed by atoms with Crippen LogP contribution in [-0.2, 0) is 6.42 Å². The molecule has 5 rings (SSSR count). The Hall–Kier alpha value is -2.57. The highest BCUT2D eigenvalue weighted by molar-refractivity contribution is 7.18. The fourth-order valence-electron chi connectivity index (χ4n) is 3.86. The number of hydrogen-bond acceptors (Lipinski definition) is 3. The molecular formula is C29H35NOS. The van der Waals surface area contributed by atoms with Crippen molar-refractivity contribution in [1.29, 1.82) is 5.26 Å². The van der Waals surface area contributed by atoms with Crippen LogP contribution >= 0.6 is 11.3 Å². The molecule has 1 unspecified atom stereocenters. The van der Waals surface area contributed by atoms with Crippen LogP contribution in [0.4, 0.5) is 0 Å². The van der Waals surface area contributed by atoms with E-state index in [4.69, 9.17) is 4.74 Å². The van der Waals surface area contributed by atoms with Crippen molar-refractivity contribution >= 4 is 11.3 Å². The van der Waals surface area contributed by atoms with Crippen molar-refractivity contribution in [3.05, 3.63) is 65.2 Å². The number of hydrogen-bond donors (Lipinski definition) is 0. The van der Waals surface area contributed by atoms with Gasteiger partial charge in [-0.15, -0.1) is 11.3 Å². The Labute approximate surface area is 197 Å². The summed E-state index contributed by atoms with van der Waals surface area (Å²) in [6, 6.07) is 19.2. The van der Waals surface area contributed by atoms with Gasteiger partial charge in [0.15, 0.2) is 0 Å². The standard InChI is InChI=1S/C24H23NOS.C3H6.C2H6/c1-15(2)26-22-10-8-17(13-18(22)14-25)23-11-12-24(27-23)21-6-4-5-19-16(3)7-9-20(19)21;1-2-3-1;1-2/h4-6,8,10-13,15-16H,7,9H2,1-3H3;1-3H2;1-2H3. The number of benzene rings is 2. The zero-order chi connectivity index (χ0) is 23.1. The second-order valence-corrected chi connectivity index (χ2v) is 9.61. The molecule has 1 fully saturated rings. The second kappa shape index (κ2) is 11.3. The molecule has 1 saturated carbocycles. The van der Waals surface area contributed by atoms with E-state index in [1.807, 2.05) is 45.9 Å². The molecule has 2 aromatic carbocycles. The summed E-state index contributed by atoms with van der Waals surface area (Å²) in [7, 11) is 0.